The van der Waals surface area contributed by atoms with Crippen molar-refractivity contribution in [2.75, 3.05) is 6.79 Å². The minimum atomic E-state index is 0.0661. The predicted molar refractivity (Wildman–Crippen MR) is 87.9 cm³/mol. The fraction of sp³-hybridized carbons (Fsp3) is 0.444. The first-order valence-corrected chi connectivity index (χ1v) is 8.45. The van der Waals surface area contributed by atoms with Gasteiger partial charge in [0.25, 0.3) is 0 Å². The number of hydrogen-bond acceptors (Lipinski definition) is 4. The van der Waals surface area contributed by atoms with E-state index in [2.05, 4.69) is 10.4 Å². The van der Waals surface area contributed by atoms with Gasteiger partial charge in [0.15, 0.2) is 11.5 Å². The van der Waals surface area contributed by atoms with Crippen LogP contribution in [0.25, 0.3) is 0 Å². The Morgan fingerprint density at radius 2 is 2.04 bits per heavy atom. The van der Waals surface area contributed by atoms with Crippen molar-refractivity contribution < 1.29 is 14.3 Å². The van der Waals surface area contributed by atoms with Gasteiger partial charge in [-0.1, -0.05) is 6.07 Å². The van der Waals surface area contributed by atoms with E-state index in [1.54, 1.807) is 0 Å². The topological polar surface area (TPSA) is 65.4 Å². The van der Waals surface area contributed by atoms with Gasteiger partial charge in [-0.15, -0.1) is 0 Å². The van der Waals surface area contributed by atoms with Gasteiger partial charge >= 0.3 is 0 Å². The van der Waals surface area contributed by atoms with Gasteiger partial charge < -0.3 is 14.8 Å². The van der Waals surface area contributed by atoms with Gasteiger partial charge in [0.05, 0.1) is 12.5 Å². The molecule has 1 aliphatic heterocycles. The quantitative estimate of drug-likeness (QED) is 0.937. The smallest absolute Gasteiger partial charge is 0.231 e. The van der Waals surface area contributed by atoms with Crippen molar-refractivity contribution in [3.05, 3.63) is 42.2 Å². The second-order valence-electron chi connectivity index (χ2n) is 6.42. The highest BCUT2D eigenvalue weighted by molar-refractivity contribution is 5.79. The summed E-state index contributed by atoms with van der Waals surface area (Å²) in [6.07, 6.45) is 8.31. The van der Waals surface area contributed by atoms with Crippen LogP contribution < -0.4 is 14.8 Å². The van der Waals surface area contributed by atoms with E-state index in [0.717, 1.165) is 42.7 Å². The van der Waals surface area contributed by atoms with Crippen molar-refractivity contribution >= 4 is 5.91 Å². The molecule has 6 nitrogen and oxygen atoms in total. The number of hydrogen-bond donors (Lipinski definition) is 1. The highest BCUT2D eigenvalue weighted by Gasteiger charge is 2.24. The number of carbonyl (C=O) groups is 1. The third kappa shape index (κ3) is 3.22. The average Bonchev–Trinajstić information content (AvgIpc) is 3.26. The molecule has 1 amide bonds. The summed E-state index contributed by atoms with van der Waals surface area (Å²) in [6, 6.07) is 8.35. The number of nitrogens with one attached hydrogen (secondary N) is 1. The first kappa shape index (κ1) is 15.1. The number of aromatic nitrogens is 2. The summed E-state index contributed by atoms with van der Waals surface area (Å²) < 4.78 is 12.7. The Balaban J connectivity index is 1.28. The number of amides is 1. The molecule has 4 rings (SSSR count). The van der Waals surface area contributed by atoms with Crippen LogP contribution >= 0.6 is 0 Å². The summed E-state index contributed by atoms with van der Waals surface area (Å²) in [7, 11) is 0. The molecule has 0 radical (unpaired) electrons. The molecule has 6 heteroatoms. The largest absolute Gasteiger partial charge is 0.454 e. The highest BCUT2D eigenvalue weighted by atomic mass is 16.7. The lowest BCUT2D eigenvalue weighted by atomic mass is 9.91. The minimum absolute atomic E-state index is 0.0661. The monoisotopic (exact) mass is 327 g/mol. The Morgan fingerprint density at radius 3 is 2.83 bits per heavy atom. The van der Waals surface area contributed by atoms with Crippen molar-refractivity contribution in [2.45, 2.75) is 44.2 Å². The molecule has 1 aromatic heterocycles. The Bertz CT molecular complexity index is 706. The lowest BCUT2D eigenvalue weighted by molar-refractivity contribution is -0.121. The lowest BCUT2D eigenvalue weighted by Gasteiger charge is -2.29. The third-order valence-electron chi connectivity index (χ3n) is 4.76. The molecule has 0 spiro atoms. The number of fused-ring (bicyclic) bond motifs is 1. The maximum Gasteiger partial charge on any atom is 0.231 e. The van der Waals surface area contributed by atoms with Crippen LogP contribution in [0.1, 0.15) is 37.3 Å². The number of rotatable bonds is 4. The summed E-state index contributed by atoms with van der Waals surface area (Å²) in [5, 5.41) is 7.48. The Morgan fingerprint density at radius 1 is 1.21 bits per heavy atom. The van der Waals surface area contributed by atoms with Crippen LogP contribution in [-0.4, -0.2) is 28.5 Å². The van der Waals surface area contributed by atoms with E-state index in [9.17, 15) is 4.79 Å². The molecule has 1 saturated carbocycles. The van der Waals surface area contributed by atoms with Crippen molar-refractivity contribution in [1.29, 1.82) is 0 Å². The Labute approximate surface area is 140 Å². The second-order valence-corrected chi connectivity index (χ2v) is 6.42. The van der Waals surface area contributed by atoms with Crippen LogP contribution in [0.3, 0.4) is 0 Å². The second kappa shape index (κ2) is 6.55. The van der Waals surface area contributed by atoms with E-state index < -0.39 is 0 Å². The zero-order valence-electron chi connectivity index (χ0n) is 13.5. The maximum atomic E-state index is 12.3. The van der Waals surface area contributed by atoms with Crippen LogP contribution in [0.2, 0.25) is 0 Å². The lowest BCUT2D eigenvalue weighted by Crippen LogP contribution is -2.38. The van der Waals surface area contributed by atoms with E-state index in [1.165, 1.54) is 0 Å². The fourth-order valence-corrected chi connectivity index (χ4v) is 3.50. The van der Waals surface area contributed by atoms with Crippen molar-refractivity contribution in [2.24, 2.45) is 0 Å². The summed E-state index contributed by atoms with van der Waals surface area (Å²) in [4.78, 5) is 12.3. The SMILES string of the molecule is O=C(Cc1ccc2c(c1)OCO2)NC1CCC(n2cccn2)CC1. The molecule has 0 bridgehead atoms. The molecule has 0 atom stereocenters. The number of nitrogens with zero attached hydrogens (tertiary/aromatic N) is 2. The molecular formula is C18H21N3O3. The fourth-order valence-electron chi connectivity index (χ4n) is 3.50. The van der Waals surface area contributed by atoms with Crippen LogP contribution in [0.4, 0.5) is 0 Å². The van der Waals surface area contributed by atoms with Gasteiger partial charge in [0.2, 0.25) is 12.7 Å². The minimum Gasteiger partial charge on any atom is -0.454 e. The summed E-state index contributed by atoms with van der Waals surface area (Å²) in [5.41, 5.74) is 0.946. The highest BCUT2D eigenvalue weighted by Crippen LogP contribution is 2.32. The summed E-state index contributed by atoms with van der Waals surface area (Å²) in [5.74, 6) is 1.53. The normalized spacial score (nSPS) is 22.3. The molecule has 1 aromatic carbocycles. The summed E-state index contributed by atoms with van der Waals surface area (Å²) in [6.45, 7) is 0.254. The molecule has 126 valence electrons. The van der Waals surface area contributed by atoms with E-state index in [1.807, 2.05) is 41.3 Å². The molecule has 1 aliphatic carbocycles. The molecule has 1 fully saturated rings. The average molecular weight is 327 g/mol. The van der Waals surface area contributed by atoms with E-state index in [0.29, 0.717) is 12.5 Å². The third-order valence-corrected chi connectivity index (χ3v) is 4.76. The first-order valence-electron chi connectivity index (χ1n) is 8.45. The molecule has 24 heavy (non-hydrogen) atoms. The number of ether oxygens (including phenoxy) is 2. The zero-order valence-corrected chi connectivity index (χ0v) is 13.5. The molecule has 2 aliphatic rings. The van der Waals surface area contributed by atoms with Gasteiger partial charge in [0, 0.05) is 18.4 Å². The van der Waals surface area contributed by atoms with Crippen molar-refractivity contribution in [1.82, 2.24) is 15.1 Å². The molecular weight excluding hydrogens is 306 g/mol. The number of carbonyl (C=O) groups excluding carboxylic acids is 1. The van der Waals surface area contributed by atoms with Gasteiger partial charge in [-0.25, -0.2) is 0 Å². The molecule has 1 N–H and O–H groups in total. The zero-order chi connectivity index (χ0) is 16.4. The van der Waals surface area contributed by atoms with Crippen LogP contribution in [0.5, 0.6) is 11.5 Å². The summed E-state index contributed by atoms with van der Waals surface area (Å²) >= 11 is 0. The van der Waals surface area contributed by atoms with Gasteiger partial charge in [0.1, 0.15) is 0 Å². The predicted octanol–water partition coefficient (Wildman–Crippen LogP) is 2.45. The maximum absolute atomic E-state index is 12.3. The van der Waals surface area contributed by atoms with E-state index >= 15 is 0 Å². The molecule has 0 unspecified atom stereocenters. The number of benzene rings is 1. The molecule has 2 aromatic rings. The van der Waals surface area contributed by atoms with Crippen molar-refractivity contribution in [3.8, 4) is 11.5 Å². The van der Waals surface area contributed by atoms with Gasteiger partial charge in [-0.05, 0) is 49.4 Å². The Hall–Kier alpha value is -2.50. The molecule has 2 heterocycles. The Kier molecular flexibility index (Phi) is 4.11. The van der Waals surface area contributed by atoms with Crippen LogP contribution in [0, 0.1) is 0 Å². The van der Waals surface area contributed by atoms with Gasteiger partial charge in [-0.2, -0.15) is 5.10 Å². The van der Waals surface area contributed by atoms with Crippen LogP contribution in [-0.2, 0) is 11.2 Å². The van der Waals surface area contributed by atoms with E-state index in [4.69, 9.17) is 9.47 Å². The van der Waals surface area contributed by atoms with Crippen LogP contribution in [0.15, 0.2) is 36.7 Å². The van der Waals surface area contributed by atoms with Crippen molar-refractivity contribution in [3.63, 3.8) is 0 Å². The van der Waals surface area contributed by atoms with Gasteiger partial charge in [-0.3, -0.25) is 9.48 Å². The van der Waals surface area contributed by atoms with E-state index in [-0.39, 0.29) is 18.7 Å². The molecule has 0 saturated heterocycles. The standard InChI is InChI=1S/C18H21N3O3/c22-18(11-13-2-7-16-17(10-13)24-12-23-16)20-14-3-5-15(6-4-14)21-9-1-8-19-21/h1-2,7-10,14-15H,3-6,11-12H2,(H,20,22). The first-order chi connectivity index (χ1) is 11.8.